The highest BCUT2D eigenvalue weighted by Crippen LogP contribution is 2.20. The molecule has 0 saturated heterocycles. The predicted octanol–water partition coefficient (Wildman–Crippen LogP) is 2.92. The molecule has 0 aliphatic rings. The molecule has 0 heterocycles. The van der Waals surface area contributed by atoms with Crippen molar-refractivity contribution >= 4 is 17.5 Å². The molecule has 100 valence electrons. The fraction of sp³-hybridized carbons (Fsp3) is 0.462. The van der Waals surface area contributed by atoms with E-state index in [1.807, 2.05) is 13.8 Å². The summed E-state index contributed by atoms with van der Waals surface area (Å²) >= 11 is 5.68. The van der Waals surface area contributed by atoms with Crippen molar-refractivity contribution in [3.05, 3.63) is 29.6 Å². The average Bonchev–Trinajstić information content (AvgIpc) is 2.35. The minimum atomic E-state index is -0.484. The number of benzene rings is 1. The molecule has 0 N–H and O–H groups in total. The fourth-order valence-electron chi connectivity index (χ4n) is 1.64. The molecule has 5 heteroatoms. The van der Waals surface area contributed by atoms with Crippen LogP contribution in [0.1, 0.15) is 24.2 Å². The Morgan fingerprint density at radius 2 is 2.17 bits per heavy atom. The van der Waals surface area contributed by atoms with Gasteiger partial charge in [-0.05, 0) is 32.0 Å². The van der Waals surface area contributed by atoms with Gasteiger partial charge in [-0.25, -0.2) is 4.39 Å². The van der Waals surface area contributed by atoms with Gasteiger partial charge in [-0.3, -0.25) is 4.79 Å². The summed E-state index contributed by atoms with van der Waals surface area (Å²) in [5.41, 5.74) is 0.395. The van der Waals surface area contributed by atoms with Crippen molar-refractivity contribution in [3.63, 3.8) is 0 Å². The Morgan fingerprint density at radius 3 is 2.67 bits per heavy atom. The van der Waals surface area contributed by atoms with E-state index in [9.17, 15) is 9.18 Å². The largest absolute Gasteiger partial charge is 0.494 e. The smallest absolute Gasteiger partial charge is 0.254 e. The van der Waals surface area contributed by atoms with Crippen molar-refractivity contribution in [2.75, 3.05) is 19.5 Å². The topological polar surface area (TPSA) is 29.5 Å². The Kier molecular flexibility index (Phi) is 5.41. The number of halogens is 2. The lowest BCUT2D eigenvalue weighted by Gasteiger charge is -2.26. The number of alkyl halides is 1. The van der Waals surface area contributed by atoms with E-state index in [-0.39, 0.29) is 17.7 Å². The SMILES string of the molecule is COc1cc(C(=O)N(CCCl)C(C)C)ccc1F. The van der Waals surface area contributed by atoms with E-state index in [4.69, 9.17) is 16.3 Å². The van der Waals surface area contributed by atoms with Crippen LogP contribution < -0.4 is 4.74 Å². The summed E-state index contributed by atoms with van der Waals surface area (Å²) in [5, 5.41) is 0. The molecule has 1 aromatic rings. The zero-order valence-electron chi connectivity index (χ0n) is 10.7. The number of carbonyl (C=O) groups is 1. The monoisotopic (exact) mass is 273 g/mol. The van der Waals surface area contributed by atoms with Gasteiger partial charge in [0.05, 0.1) is 7.11 Å². The number of hydrogen-bond donors (Lipinski definition) is 0. The van der Waals surface area contributed by atoms with E-state index in [1.165, 1.54) is 25.3 Å². The highest BCUT2D eigenvalue weighted by molar-refractivity contribution is 6.18. The van der Waals surface area contributed by atoms with Crippen LogP contribution in [0.15, 0.2) is 18.2 Å². The number of methoxy groups -OCH3 is 1. The second kappa shape index (κ2) is 6.59. The number of rotatable bonds is 5. The van der Waals surface area contributed by atoms with E-state index in [2.05, 4.69) is 0 Å². The van der Waals surface area contributed by atoms with Crippen molar-refractivity contribution in [1.82, 2.24) is 4.90 Å². The van der Waals surface area contributed by atoms with Gasteiger partial charge < -0.3 is 9.64 Å². The normalized spacial score (nSPS) is 10.6. The molecule has 18 heavy (non-hydrogen) atoms. The van der Waals surface area contributed by atoms with Crippen LogP contribution in [0.4, 0.5) is 4.39 Å². The fourth-order valence-corrected chi connectivity index (χ4v) is 1.83. The molecule has 0 saturated carbocycles. The lowest BCUT2D eigenvalue weighted by Crippen LogP contribution is -2.38. The maximum atomic E-state index is 13.3. The Balaban J connectivity index is 3.01. The summed E-state index contributed by atoms with van der Waals surface area (Å²) in [6.45, 7) is 4.27. The third-order valence-corrected chi connectivity index (χ3v) is 2.78. The summed E-state index contributed by atoms with van der Waals surface area (Å²) < 4.78 is 18.1. The van der Waals surface area contributed by atoms with Crippen molar-refractivity contribution < 1.29 is 13.9 Å². The van der Waals surface area contributed by atoms with Crippen LogP contribution in [0.3, 0.4) is 0 Å². The first-order chi connectivity index (χ1) is 8.51. The molecule has 0 aliphatic carbocycles. The van der Waals surface area contributed by atoms with Crippen LogP contribution in [0.5, 0.6) is 5.75 Å². The summed E-state index contributed by atoms with van der Waals surface area (Å²) in [6.07, 6.45) is 0. The van der Waals surface area contributed by atoms with Crippen LogP contribution in [0, 0.1) is 5.82 Å². The molecule has 0 spiro atoms. The van der Waals surface area contributed by atoms with Crippen LogP contribution in [0.2, 0.25) is 0 Å². The average molecular weight is 274 g/mol. The van der Waals surface area contributed by atoms with Gasteiger partial charge in [0, 0.05) is 24.0 Å². The first-order valence-electron chi connectivity index (χ1n) is 5.71. The van der Waals surface area contributed by atoms with Crippen molar-refractivity contribution in [3.8, 4) is 5.75 Å². The third kappa shape index (κ3) is 3.35. The van der Waals surface area contributed by atoms with E-state index in [0.29, 0.717) is 18.0 Å². The Hall–Kier alpha value is -1.29. The first kappa shape index (κ1) is 14.8. The quantitative estimate of drug-likeness (QED) is 0.772. The standard InChI is InChI=1S/C13H17ClFNO2/c1-9(2)16(7-6-14)13(17)10-4-5-11(15)12(8-10)18-3/h4-5,8-9H,6-7H2,1-3H3. The second-order valence-corrected chi connectivity index (χ2v) is 4.51. The number of carbonyl (C=O) groups excluding carboxylic acids is 1. The highest BCUT2D eigenvalue weighted by Gasteiger charge is 2.19. The van der Waals surface area contributed by atoms with E-state index < -0.39 is 5.82 Å². The number of hydrogen-bond acceptors (Lipinski definition) is 2. The molecule has 0 unspecified atom stereocenters. The van der Waals surface area contributed by atoms with Gasteiger partial charge in [-0.15, -0.1) is 11.6 Å². The molecule has 1 rings (SSSR count). The second-order valence-electron chi connectivity index (χ2n) is 4.13. The van der Waals surface area contributed by atoms with Crippen LogP contribution >= 0.6 is 11.6 Å². The summed E-state index contributed by atoms with van der Waals surface area (Å²) in [4.78, 5) is 13.9. The number of nitrogens with zero attached hydrogens (tertiary/aromatic N) is 1. The highest BCUT2D eigenvalue weighted by atomic mass is 35.5. The van der Waals surface area contributed by atoms with Crippen molar-refractivity contribution in [1.29, 1.82) is 0 Å². The third-order valence-electron chi connectivity index (χ3n) is 2.61. The number of ether oxygens (including phenoxy) is 1. The zero-order valence-corrected chi connectivity index (χ0v) is 11.5. The van der Waals surface area contributed by atoms with E-state index in [0.717, 1.165) is 0 Å². The van der Waals surface area contributed by atoms with Gasteiger partial charge in [-0.2, -0.15) is 0 Å². The van der Waals surface area contributed by atoms with Gasteiger partial charge in [0.1, 0.15) is 0 Å². The Labute approximate surface area is 111 Å². The maximum absolute atomic E-state index is 13.3. The van der Waals surface area contributed by atoms with Crippen LogP contribution in [-0.2, 0) is 0 Å². The van der Waals surface area contributed by atoms with Gasteiger partial charge in [0.2, 0.25) is 0 Å². The molecule has 1 aromatic carbocycles. The van der Waals surface area contributed by atoms with Gasteiger partial charge in [-0.1, -0.05) is 0 Å². The molecule has 0 bridgehead atoms. The molecule has 1 amide bonds. The zero-order chi connectivity index (χ0) is 13.7. The molecule has 0 aromatic heterocycles. The van der Waals surface area contributed by atoms with Crippen LogP contribution in [-0.4, -0.2) is 36.4 Å². The van der Waals surface area contributed by atoms with Gasteiger partial charge in [0.15, 0.2) is 11.6 Å². The molecule has 0 fully saturated rings. The van der Waals surface area contributed by atoms with Crippen LogP contribution in [0.25, 0.3) is 0 Å². The Bertz CT molecular complexity index is 423. The summed E-state index contributed by atoms with van der Waals surface area (Å²) in [5.74, 6) is -0.232. The maximum Gasteiger partial charge on any atom is 0.254 e. The predicted molar refractivity (Wildman–Crippen MR) is 69.8 cm³/mol. The summed E-state index contributed by atoms with van der Waals surface area (Å²) in [7, 11) is 1.37. The minimum Gasteiger partial charge on any atom is -0.494 e. The van der Waals surface area contributed by atoms with Gasteiger partial charge in [0.25, 0.3) is 5.91 Å². The molecular weight excluding hydrogens is 257 g/mol. The molecule has 3 nitrogen and oxygen atoms in total. The van der Waals surface area contributed by atoms with E-state index in [1.54, 1.807) is 4.90 Å². The lowest BCUT2D eigenvalue weighted by molar-refractivity contribution is 0.0718. The molecule has 0 radical (unpaired) electrons. The summed E-state index contributed by atoms with van der Waals surface area (Å²) in [6, 6.07) is 4.11. The molecule has 0 aliphatic heterocycles. The van der Waals surface area contributed by atoms with Gasteiger partial charge >= 0.3 is 0 Å². The molecular formula is C13H17ClFNO2. The first-order valence-corrected chi connectivity index (χ1v) is 6.25. The van der Waals surface area contributed by atoms with E-state index >= 15 is 0 Å². The lowest BCUT2D eigenvalue weighted by atomic mass is 10.1. The Morgan fingerprint density at radius 1 is 1.50 bits per heavy atom. The number of amides is 1. The molecule has 0 atom stereocenters. The van der Waals surface area contributed by atoms with Crippen molar-refractivity contribution in [2.24, 2.45) is 0 Å². The minimum absolute atomic E-state index is 0.0345. The van der Waals surface area contributed by atoms with Crippen molar-refractivity contribution in [2.45, 2.75) is 19.9 Å².